The summed E-state index contributed by atoms with van der Waals surface area (Å²) in [5.74, 6) is -0.796. The van der Waals surface area contributed by atoms with Crippen LogP contribution in [0.15, 0.2) is 83.8 Å². The fourth-order valence-corrected chi connectivity index (χ4v) is 5.91. The zero-order valence-corrected chi connectivity index (χ0v) is 22.1. The van der Waals surface area contributed by atoms with E-state index in [1.54, 1.807) is 7.11 Å². The molecule has 0 spiro atoms. The predicted molar refractivity (Wildman–Crippen MR) is 143 cm³/mol. The first-order valence-corrected chi connectivity index (χ1v) is 14.0. The molecule has 3 N–H and O–H groups in total. The van der Waals surface area contributed by atoms with Crippen molar-refractivity contribution in [2.75, 3.05) is 13.7 Å². The molecule has 1 aliphatic carbocycles. The minimum atomic E-state index is -3.84. The number of hydrogen-bond acceptors (Lipinski definition) is 5. The molecule has 0 aromatic heterocycles. The third kappa shape index (κ3) is 6.97. The van der Waals surface area contributed by atoms with E-state index in [0.29, 0.717) is 17.9 Å². The van der Waals surface area contributed by atoms with Gasteiger partial charge in [-0.2, -0.15) is 0 Å². The largest absolute Gasteiger partial charge is 0.392 e. The summed E-state index contributed by atoms with van der Waals surface area (Å²) in [5, 5.41) is 14.3. The van der Waals surface area contributed by atoms with Crippen LogP contribution < -0.4 is 10.0 Å². The number of aliphatic hydroxyl groups excluding tert-OH is 1. The van der Waals surface area contributed by atoms with Gasteiger partial charge in [0.05, 0.1) is 23.1 Å². The zero-order chi connectivity index (χ0) is 26.4. The Bertz CT molecular complexity index is 1300. The topological polar surface area (TPSA) is 105 Å². The van der Waals surface area contributed by atoms with Crippen molar-refractivity contribution in [3.05, 3.63) is 101 Å². The highest BCUT2D eigenvalue weighted by Crippen LogP contribution is 2.33. The van der Waals surface area contributed by atoms with E-state index >= 15 is 0 Å². The van der Waals surface area contributed by atoms with Gasteiger partial charge in [-0.1, -0.05) is 66.2 Å². The molecule has 0 bridgehead atoms. The molecule has 7 nitrogen and oxygen atoms in total. The standard InChI is InChI=1S/C28H31ClN2O5S/c1-36-26-17-20-9-5-6-10-25(20)27(26)31-28(33)21(15-19-7-3-2-4-8-19)16-23(32)18-30-37(34,35)24-13-11-22(29)12-14-24/h2-14,21,23,26-27,30,32H,15-18H2,1H3,(H,31,33)/t21-,23+,26-,27+/m1/s1. The van der Waals surface area contributed by atoms with Crippen molar-refractivity contribution in [2.24, 2.45) is 5.92 Å². The van der Waals surface area contributed by atoms with E-state index in [-0.39, 0.29) is 35.9 Å². The van der Waals surface area contributed by atoms with Crippen LogP contribution in [-0.4, -0.2) is 45.3 Å². The maximum absolute atomic E-state index is 13.5. The normalized spacial score (nSPS) is 18.7. The fourth-order valence-electron chi connectivity index (χ4n) is 4.72. The third-order valence-electron chi connectivity index (χ3n) is 6.67. The Morgan fingerprint density at radius 1 is 1.05 bits per heavy atom. The number of ether oxygens (including phenoxy) is 1. The van der Waals surface area contributed by atoms with Gasteiger partial charge >= 0.3 is 0 Å². The lowest BCUT2D eigenvalue weighted by Crippen LogP contribution is -2.41. The van der Waals surface area contributed by atoms with E-state index in [2.05, 4.69) is 10.0 Å². The maximum atomic E-state index is 13.5. The lowest BCUT2D eigenvalue weighted by molar-refractivity contribution is -0.127. The van der Waals surface area contributed by atoms with Crippen LogP contribution in [0.25, 0.3) is 0 Å². The molecule has 3 aromatic carbocycles. The van der Waals surface area contributed by atoms with Crippen molar-refractivity contribution in [1.82, 2.24) is 10.0 Å². The quantitative estimate of drug-likeness (QED) is 0.343. The van der Waals surface area contributed by atoms with Gasteiger partial charge in [0.25, 0.3) is 0 Å². The van der Waals surface area contributed by atoms with Crippen molar-refractivity contribution in [3.8, 4) is 0 Å². The summed E-state index contributed by atoms with van der Waals surface area (Å²) in [5.41, 5.74) is 3.11. The molecule has 1 amide bonds. The number of rotatable bonds is 11. The summed E-state index contributed by atoms with van der Waals surface area (Å²) in [6.07, 6.45) is -0.0727. The minimum absolute atomic E-state index is 0.0492. The number of carbonyl (C=O) groups is 1. The molecule has 1 aliphatic rings. The average molecular weight is 543 g/mol. The van der Waals surface area contributed by atoms with Crippen molar-refractivity contribution in [2.45, 2.75) is 42.4 Å². The van der Waals surface area contributed by atoms with Crippen LogP contribution in [0.3, 0.4) is 0 Å². The first-order chi connectivity index (χ1) is 17.8. The second-order valence-corrected chi connectivity index (χ2v) is 11.4. The number of sulfonamides is 1. The van der Waals surface area contributed by atoms with Crippen LogP contribution in [-0.2, 0) is 32.4 Å². The van der Waals surface area contributed by atoms with E-state index in [9.17, 15) is 18.3 Å². The minimum Gasteiger partial charge on any atom is -0.392 e. The van der Waals surface area contributed by atoms with Gasteiger partial charge < -0.3 is 15.2 Å². The zero-order valence-electron chi connectivity index (χ0n) is 20.5. The number of halogens is 1. The summed E-state index contributed by atoms with van der Waals surface area (Å²) in [6, 6.07) is 23.0. The van der Waals surface area contributed by atoms with Crippen LogP contribution in [0.2, 0.25) is 5.02 Å². The predicted octanol–water partition coefficient (Wildman–Crippen LogP) is 3.66. The second-order valence-electron chi connectivity index (χ2n) is 9.25. The summed E-state index contributed by atoms with van der Waals surface area (Å²) in [6.45, 7) is -0.226. The Labute approximate surface area is 222 Å². The van der Waals surface area contributed by atoms with Gasteiger partial charge in [-0.3, -0.25) is 4.79 Å². The van der Waals surface area contributed by atoms with Gasteiger partial charge in [-0.25, -0.2) is 13.1 Å². The fraction of sp³-hybridized carbons (Fsp3) is 0.321. The molecule has 9 heteroatoms. The van der Waals surface area contributed by atoms with Gasteiger partial charge in [0.2, 0.25) is 15.9 Å². The van der Waals surface area contributed by atoms with Gasteiger partial charge in [-0.15, -0.1) is 0 Å². The molecule has 0 unspecified atom stereocenters. The van der Waals surface area contributed by atoms with Gasteiger partial charge in [0.1, 0.15) is 0 Å². The lowest BCUT2D eigenvalue weighted by atomic mass is 9.92. The summed E-state index contributed by atoms with van der Waals surface area (Å²) >= 11 is 5.85. The van der Waals surface area contributed by atoms with E-state index in [4.69, 9.17) is 16.3 Å². The Morgan fingerprint density at radius 3 is 2.43 bits per heavy atom. The van der Waals surface area contributed by atoms with Crippen LogP contribution in [0, 0.1) is 5.92 Å². The first-order valence-electron chi connectivity index (χ1n) is 12.1. The number of amides is 1. The Kier molecular flexibility index (Phi) is 9.00. The molecular weight excluding hydrogens is 512 g/mol. The number of aliphatic hydroxyl groups is 1. The molecule has 0 fully saturated rings. The smallest absolute Gasteiger partial charge is 0.240 e. The molecule has 4 atom stereocenters. The average Bonchev–Trinajstić information content (AvgIpc) is 3.25. The Balaban J connectivity index is 1.46. The maximum Gasteiger partial charge on any atom is 0.240 e. The van der Waals surface area contributed by atoms with Gasteiger partial charge in [-0.05, 0) is 53.8 Å². The molecular formula is C28H31ClN2O5S. The SMILES string of the molecule is CO[C@@H]1Cc2ccccc2[C@@H]1NC(=O)[C@H](Cc1ccccc1)C[C@H](O)CNS(=O)(=O)c1ccc(Cl)cc1. The molecule has 0 heterocycles. The molecule has 0 radical (unpaired) electrons. The summed E-state index contributed by atoms with van der Waals surface area (Å²) in [4.78, 5) is 13.6. The van der Waals surface area contributed by atoms with E-state index in [0.717, 1.165) is 16.7 Å². The number of methoxy groups -OCH3 is 1. The molecule has 0 saturated heterocycles. The van der Waals surface area contributed by atoms with Crippen molar-refractivity contribution in [3.63, 3.8) is 0 Å². The molecule has 0 saturated carbocycles. The molecule has 0 aliphatic heterocycles. The van der Waals surface area contributed by atoms with Crippen molar-refractivity contribution in [1.29, 1.82) is 0 Å². The summed E-state index contributed by atoms with van der Waals surface area (Å²) < 4.78 is 33.3. The Morgan fingerprint density at radius 2 is 1.73 bits per heavy atom. The molecule has 37 heavy (non-hydrogen) atoms. The number of fused-ring (bicyclic) bond motifs is 1. The second kappa shape index (κ2) is 12.2. The van der Waals surface area contributed by atoms with Crippen molar-refractivity contribution < 1.29 is 23.1 Å². The molecule has 4 rings (SSSR count). The lowest BCUT2D eigenvalue weighted by Gasteiger charge is -2.25. The monoisotopic (exact) mass is 542 g/mol. The number of carbonyl (C=O) groups excluding carboxylic acids is 1. The highest BCUT2D eigenvalue weighted by Gasteiger charge is 2.35. The van der Waals surface area contributed by atoms with Crippen LogP contribution >= 0.6 is 11.6 Å². The number of benzene rings is 3. The first kappa shape index (κ1) is 27.3. The highest BCUT2D eigenvalue weighted by atomic mass is 35.5. The van der Waals surface area contributed by atoms with E-state index in [1.807, 2.05) is 54.6 Å². The number of nitrogens with one attached hydrogen (secondary N) is 2. The van der Waals surface area contributed by atoms with Gasteiger partial charge in [0.15, 0.2) is 0 Å². The van der Waals surface area contributed by atoms with E-state index < -0.39 is 22.0 Å². The molecule has 196 valence electrons. The van der Waals surface area contributed by atoms with Gasteiger partial charge in [0, 0.05) is 31.0 Å². The summed E-state index contributed by atoms with van der Waals surface area (Å²) in [7, 11) is -2.20. The van der Waals surface area contributed by atoms with Crippen LogP contribution in [0.4, 0.5) is 0 Å². The highest BCUT2D eigenvalue weighted by molar-refractivity contribution is 7.89. The third-order valence-corrected chi connectivity index (χ3v) is 8.36. The van der Waals surface area contributed by atoms with Crippen LogP contribution in [0.1, 0.15) is 29.2 Å². The number of hydrogen-bond donors (Lipinski definition) is 3. The Hall–Kier alpha value is -2.75. The van der Waals surface area contributed by atoms with Crippen LogP contribution in [0.5, 0.6) is 0 Å². The van der Waals surface area contributed by atoms with Crippen molar-refractivity contribution >= 4 is 27.5 Å². The van der Waals surface area contributed by atoms with E-state index in [1.165, 1.54) is 24.3 Å². The molecule has 3 aromatic rings.